The number of nitrogens with two attached hydrogens (primary N) is 2. The van der Waals surface area contributed by atoms with Gasteiger partial charge in [0.15, 0.2) is 5.96 Å². The normalized spacial score (nSPS) is 17.0. The summed E-state index contributed by atoms with van der Waals surface area (Å²) < 4.78 is 5.82. The van der Waals surface area contributed by atoms with Crippen molar-refractivity contribution in [2.45, 2.75) is 26.9 Å². The Morgan fingerprint density at radius 1 is 1.26 bits per heavy atom. The molecule has 5 nitrogen and oxygen atoms in total. The van der Waals surface area contributed by atoms with Gasteiger partial charge in [-0.25, -0.2) is 0 Å². The fraction of sp³-hybridized carbons (Fsp3) is 0.286. The van der Waals surface area contributed by atoms with Crippen LogP contribution in [0.5, 0.6) is 5.75 Å². The lowest BCUT2D eigenvalue weighted by Gasteiger charge is -2.25. The van der Waals surface area contributed by atoms with Crippen molar-refractivity contribution in [1.82, 2.24) is 0 Å². The summed E-state index contributed by atoms with van der Waals surface area (Å²) in [5, 5.41) is 0. The fourth-order valence-electron chi connectivity index (χ4n) is 2.07. The van der Waals surface area contributed by atoms with E-state index in [1.807, 2.05) is 26.0 Å². The van der Waals surface area contributed by atoms with Crippen LogP contribution in [0.25, 0.3) is 6.08 Å². The van der Waals surface area contributed by atoms with E-state index in [0.717, 1.165) is 22.4 Å². The molecule has 1 aliphatic heterocycles. The maximum absolute atomic E-state index is 11.9. The van der Waals surface area contributed by atoms with E-state index in [1.165, 1.54) is 0 Å². The molecule has 1 heterocycles. The molecule has 1 aromatic rings. The van der Waals surface area contributed by atoms with Crippen LogP contribution >= 0.6 is 0 Å². The zero-order valence-corrected chi connectivity index (χ0v) is 11.2. The number of aliphatic imine (C=N–C) groups is 1. The fourth-order valence-corrected chi connectivity index (χ4v) is 2.07. The maximum atomic E-state index is 11.9. The van der Waals surface area contributed by atoms with Gasteiger partial charge in [-0.1, -0.05) is 12.1 Å². The van der Waals surface area contributed by atoms with E-state index >= 15 is 0 Å². The maximum Gasteiger partial charge on any atom is 0.279 e. The lowest BCUT2D eigenvalue weighted by Crippen LogP contribution is -2.28. The topological polar surface area (TPSA) is 90.7 Å². The van der Waals surface area contributed by atoms with Crippen molar-refractivity contribution in [3.05, 3.63) is 34.4 Å². The van der Waals surface area contributed by atoms with Gasteiger partial charge in [-0.05, 0) is 38.0 Å². The van der Waals surface area contributed by atoms with Crippen molar-refractivity contribution in [2.75, 3.05) is 0 Å². The highest BCUT2D eigenvalue weighted by atomic mass is 16.5. The summed E-state index contributed by atoms with van der Waals surface area (Å²) in [6.07, 6.45) is 1.43. The molecule has 0 fully saturated rings. The monoisotopic (exact) mass is 259 g/mol. The quantitative estimate of drug-likeness (QED) is 0.587. The molecule has 0 radical (unpaired) electrons. The first-order chi connectivity index (χ1) is 8.90. The van der Waals surface area contributed by atoms with Crippen molar-refractivity contribution >= 4 is 17.9 Å². The molecule has 0 bridgehead atoms. The highest BCUT2D eigenvalue weighted by Gasteiger charge is 2.25. The number of guanidine groups is 1. The zero-order valence-electron chi connectivity index (χ0n) is 11.2. The molecule has 1 aliphatic rings. The van der Waals surface area contributed by atoms with Crippen LogP contribution in [0.1, 0.15) is 23.6 Å². The predicted octanol–water partition coefficient (Wildman–Crippen LogP) is 1.27. The van der Waals surface area contributed by atoms with Crippen LogP contribution in [0.3, 0.4) is 0 Å². The van der Waals surface area contributed by atoms with E-state index in [0.29, 0.717) is 5.57 Å². The number of aryl methyl sites for hydroxylation is 2. The third-order valence-electron chi connectivity index (χ3n) is 3.12. The Bertz CT molecular complexity index is 599. The average molecular weight is 259 g/mol. The van der Waals surface area contributed by atoms with Gasteiger partial charge in [0.2, 0.25) is 0 Å². The molecular weight excluding hydrogens is 242 g/mol. The van der Waals surface area contributed by atoms with Crippen molar-refractivity contribution in [2.24, 2.45) is 16.5 Å². The minimum atomic E-state index is -0.459. The molecule has 0 aliphatic carbocycles. The lowest BCUT2D eigenvalue weighted by molar-refractivity contribution is -0.115. The molecule has 1 amide bonds. The second-order valence-electron chi connectivity index (χ2n) is 4.64. The van der Waals surface area contributed by atoms with Crippen LogP contribution in [0.2, 0.25) is 0 Å². The number of ether oxygens (including phenoxy) is 1. The van der Waals surface area contributed by atoms with Crippen molar-refractivity contribution < 1.29 is 9.53 Å². The second-order valence-corrected chi connectivity index (χ2v) is 4.64. The SMILES string of the molecule is Cc1ccc(C)c2c1C=C(C(=O)N=C(N)N)C(C)O2. The summed E-state index contributed by atoms with van der Waals surface area (Å²) in [6, 6.07) is 3.99. The van der Waals surface area contributed by atoms with E-state index in [4.69, 9.17) is 16.2 Å². The average Bonchev–Trinajstić information content (AvgIpc) is 2.32. The number of carbonyl (C=O) groups is 1. The lowest BCUT2D eigenvalue weighted by atomic mass is 9.96. The smallest absolute Gasteiger partial charge is 0.279 e. The Kier molecular flexibility index (Phi) is 3.29. The largest absolute Gasteiger partial charge is 0.485 e. The van der Waals surface area contributed by atoms with E-state index in [9.17, 15) is 4.79 Å². The van der Waals surface area contributed by atoms with E-state index in [2.05, 4.69) is 4.99 Å². The molecular formula is C14H17N3O2. The minimum Gasteiger partial charge on any atom is -0.485 e. The van der Waals surface area contributed by atoms with Crippen LogP contribution in [-0.2, 0) is 4.79 Å². The second kappa shape index (κ2) is 4.76. The first-order valence-electron chi connectivity index (χ1n) is 6.02. The Hall–Kier alpha value is -2.30. The summed E-state index contributed by atoms with van der Waals surface area (Å²) in [5.74, 6) is 0.109. The summed E-state index contributed by atoms with van der Waals surface area (Å²) in [5.41, 5.74) is 13.9. The molecule has 4 N–H and O–H groups in total. The van der Waals surface area contributed by atoms with Crippen LogP contribution in [0.15, 0.2) is 22.7 Å². The molecule has 0 saturated heterocycles. The van der Waals surface area contributed by atoms with Gasteiger partial charge in [-0.15, -0.1) is 0 Å². The molecule has 1 aromatic carbocycles. The molecule has 2 rings (SSSR count). The highest BCUT2D eigenvalue weighted by molar-refractivity contribution is 6.05. The number of nitrogens with zero attached hydrogens (tertiary/aromatic N) is 1. The Balaban J connectivity index is 2.53. The van der Waals surface area contributed by atoms with Crippen molar-refractivity contribution in [3.63, 3.8) is 0 Å². The van der Waals surface area contributed by atoms with Gasteiger partial charge in [0.05, 0.1) is 5.57 Å². The Morgan fingerprint density at radius 2 is 1.89 bits per heavy atom. The van der Waals surface area contributed by atoms with E-state index in [1.54, 1.807) is 13.0 Å². The van der Waals surface area contributed by atoms with Crippen LogP contribution < -0.4 is 16.2 Å². The standard InChI is InChI=1S/C14H17N3O2/c1-7-4-5-8(2)12-10(7)6-11(9(3)19-12)13(18)17-14(15)16/h4-6,9H,1-3H3,(H4,15,16,17,18). The summed E-state index contributed by atoms with van der Waals surface area (Å²) in [6.45, 7) is 5.75. The number of amides is 1. The van der Waals surface area contributed by atoms with Crippen LogP contribution in [0, 0.1) is 13.8 Å². The molecule has 1 unspecified atom stereocenters. The van der Waals surface area contributed by atoms with Crippen LogP contribution in [-0.4, -0.2) is 18.0 Å². The molecule has 0 aromatic heterocycles. The number of carbonyl (C=O) groups excluding carboxylic acids is 1. The molecule has 19 heavy (non-hydrogen) atoms. The third-order valence-corrected chi connectivity index (χ3v) is 3.12. The third kappa shape index (κ3) is 2.45. The summed E-state index contributed by atoms with van der Waals surface area (Å²) >= 11 is 0. The number of fused-ring (bicyclic) bond motifs is 1. The first kappa shape index (κ1) is 13.1. The van der Waals surface area contributed by atoms with E-state index < -0.39 is 5.91 Å². The Labute approximate surface area is 112 Å². The van der Waals surface area contributed by atoms with Crippen molar-refractivity contribution in [3.8, 4) is 5.75 Å². The molecule has 0 spiro atoms. The number of hydrogen-bond donors (Lipinski definition) is 2. The molecule has 1 atom stereocenters. The van der Waals surface area contributed by atoms with Gasteiger partial charge in [-0.2, -0.15) is 4.99 Å². The summed E-state index contributed by atoms with van der Waals surface area (Å²) in [4.78, 5) is 15.5. The van der Waals surface area contributed by atoms with Gasteiger partial charge >= 0.3 is 0 Å². The van der Waals surface area contributed by atoms with Gasteiger partial charge in [0.1, 0.15) is 11.9 Å². The number of hydrogen-bond acceptors (Lipinski definition) is 2. The van der Waals surface area contributed by atoms with Gasteiger partial charge < -0.3 is 16.2 Å². The Morgan fingerprint density at radius 3 is 2.53 bits per heavy atom. The molecule has 100 valence electrons. The van der Waals surface area contributed by atoms with Gasteiger partial charge in [0.25, 0.3) is 5.91 Å². The van der Waals surface area contributed by atoms with Gasteiger partial charge in [-0.3, -0.25) is 4.79 Å². The summed E-state index contributed by atoms with van der Waals surface area (Å²) in [7, 11) is 0. The zero-order chi connectivity index (χ0) is 14.2. The van der Waals surface area contributed by atoms with Gasteiger partial charge in [0, 0.05) is 5.56 Å². The molecule has 5 heteroatoms. The molecule has 0 saturated carbocycles. The van der Waals surface area contributed by atoms with E-state index in [-0.39, 0.29) is 12.1 Å². The minimum absolute atomic E-state index is 0.245. The number of rotatable bonds is 1. The first-order valence-corrected chi connectivity index (χ1v) is 6.02. The number of benzene rings is 1. The van der Waals surface area contributed by atoms with Crippen LogP contribution in [0.4, 0.5) is 0 Å². The highest BCUT2D eigenvalue weighted by Crippen LogP contribution is 2.35. The predicted molar refractivity (Wildman–Crippen MR) is 74.8 cm³/mol. The van der Waals surface area contributed by atoms with Crippen molar-refractivity contribution in [1.29, 1.82) is 0 Å².